The van der Waals surface area contributed by atoms with Crippen LogP contribution in [0.3, 0.4) is 0 Å². The molecule has 0 spiro atoms. The largest absolute Gasteiger partial charge is 0.480 e. The van der Waals surface area contributed by atoms with Crippen LogP contribution in [0.1, 0.15) is 37.2 Å². The molecule has 2 heterocycles. The predicted molar refractivity (Wildman–Crippen MR) is 83.1 cm³/mol. The third-order valence-corrected chi connectivity index (χ3v) is 3.83. The van der Waals surface area contributed by atoms with Gasteiger partial charge in [-0.15, -0.1) is 0 Å². The van der Waals surface area contributed by atoms with Gasteiger partial charge in [0.15, 0.2) is 0 Å². The minimum Gasteiger partial charge on any atom is -0.480 e. The van der Waals surface area contributed by atoms with Gasteiger partial charge in [-0.25, -0.2) is 9.50 Å². The molecule has 2 aromatic heterocycles. The van der Waals surface area contributed by atoms with Crippen LogP contribution < -0.4 is 0 Å². The van der Waals surface area contributed by atoms with E-state index in [2.05, 4.69) is 15.1 Å². The molecule has 0 aliphatic carbocycles. The Hall–Kier alpha value is -2.51. The van der Waals surface area contributed by atoms with Gasteiger partial charge in [-0.3, -0.25) is 9.59 Å². The van der Waals surface area contributed by atoms with Crippen molar-refractivity contribution < 1.29 is 14.7 Å². The molecule has 8 nitrogen and oxygen atoms in total. The molecule has 1 amide bonds. The number of hydrogen-bond acceptors (Lipinski definition) is 5. The van der Waals surface area contributed by atoms with Gasteiger partial charge < -0.3 is 10.0 Å². The van der Waals surface area contributed by atoms with Gasteiger partial charge >= 0.3 is 5.97 Å². The molecular weight excluding hydrogens is 298 g/mol. The van der Waals surface area contributed by atoms with E-state index in [0.717, 1.165) is 17.0 Å². The van der Waals surface area contributed by atoms with Crippen molar-refractivity contribution in [3.63, 3.8) is 0 Å². The Morgan fingerprint density at radius 1 is 1.35 bits per heavy atom. The molecule has 0 bridgehead atoms. The van der Waals surface area contributed by atoms with E-state index in [1.54, 1.807) is 18.4 Å². The lowest BCUT2D eigenvalue weighted by Gasteiger charge is -2.25. The van der Waals surface area contributed by atoms with Gasteiger partial charge in [0.25, 0.3) is 5.78 Å². The lowest BCUT2D eigenvalue weighted by Crippen LogP contribution is -2.40. The first kappa shape index (κ1) is 16.9. The fourth-order valence-corrected chi connectivity index (χ4v) is 2.60. The second kappa shape index (κ2) is 6.72. The number of amides is 1. The van der Waals surface area contributed by atoms with E-state index >= 15 is 0 Å². The van der Waals surface area contributed by atoms with Crippen LogP contribution in [0.5, 0.6) is 0 Å². The first-order valence-electron chi connectivity index (χ1n) is 7.48. The second-order valence-electron chi connectivity index (χ2n) is 5.74. The average Bonchev–Trinajstić information content (AvgIpc) is 2.92. The Kier molecular flexibility index (Phi) is 4.92. The number of nitrogens with zero attached hydrogens (tertiary/aromatic N) is 5. The highest BCUT2D eigenvalue weighted by molar-refractivity contribution is 5.81. The first-order chi connectivity index (χ1) is 10.8. The summed E-state index contributed by atoms with van der Waals surface area (Å²) >= 11 is 0. The quantitative estimate of drug-likeness (QED) is 0.852. The van der Waals surface area contributed by atoms with Crippen molar-refractivity contribution in [1.29, 1.82) is 0 Å². The third kappa shape index (κ3) is 3.64. The summed E-state index contributed by atoms with van der Waals surface area (Å²) in [6, 6.07) is -0.156. The van der Waals surface area contributed by atoms with Gasteiger partial charge in [0.2, 0.25) is 5.91 Å². The van der Waals surface area contributed by atoms with Gasteiger partial charge in [-0.05, 0) is 39.7 Å². The predicted octanol–water partition coefficient (Wildman–Crippen LogP) is 0.995. The number of carbonyl (C=O) groups is 2. The van der Waals surface area contributed by atoms with Crippen LogP contribution in [0.2, 0.25) is 0 Å². The average molecular weight is 319 g/mol. The number of aryl methyl sites for hydroxylation is 2. The van der Waals surface area contributed by atoms with Crippen molar-refractivity contribution in [2.45, 2.75) is 46.6 Å². The molecule has 0 atom stereocenters. The van der Waals surface area contributed by atoms with Gasteiger partial charge in [-0.2, -0.15) is 10.1 Å². The molecular formula is C15H21N5O3. The molecule has 0 unspecified atom stereocenters. The normalized spacial score (nSPS) is 11.2. The summed E-state index contributed by atoms with van der Waals surface area (Å²) in [5, 5.41) is 13.0. The number of fused-ring (bicyclic) bond motifs is 1. The van der Waals surface area contributed by atoms with Gasteiger partial charge in [0.05, 0.1) is 0 Å². The SMILES string of the molecule is Cc1nc2ncnn2c(C)c1CCC(=O)N(CC(=O)O)C(C)C. The lowest BCUT2D eigenvalue weighted by atomic mass is 10.1. The van der Waals surface area contributed by atoms with Gasteiger partial charge in [0, 0.05) is 23.9 Å². The highest BCUT2D eigenvalue weighted by atomic mass is 16.4. The Morgan fingerprint density at radius 2 is 2.04 bits per heavy atom. The fraction of sp³-hybridized carbons (Fsp3) is 0.533. The van der Waals surface area contributed by atoms with Crippen LogP contribution in [-0.2, 0) is 16.0 Å². The zero-order chi connectivity index (χ0) is 17.1. The maximum absolute atomic E-state index is 12.3. The molecule has 8 heteroatoms. The minimum atomic E-state index is -1.01. The molecule has 124 valence electrons. The van der Waals surface area contributed by atoms with E-state index in [0.29, 0.717) is 12.2 Å². The molecule has 1 N–H and O–H groups in total. The van der Waals surface area contributed by atoms with Gasteiger partial charge in [0.1, 0.15) is 12.9 Å². The van der Waals surface area contributed by atoms with Gasteiger partial charge in [-0.1, -0.05) is 0 Å². The summed E-state index contributed by atoms with van der Waals surface area (Å²) in [6.45, 7) is 7.11. The Bertz CT molecular complexity index is 738. The maximum Gasteiger partial charge on any atom is 0.323 e. The fourth-order valence-electron chi connectivity index (χ4n) is 2.60. The van der Waals surface area contributed by atoms with Crippen molar-refractivity contribution >= 4 is 17.7 Å². The number of aromatic nitrogens is 4. The van der Waals surface area contributed by atoms with E-state index in [4.69, 9.17) is 5.11 Å². The van der Waals surface area contributed by atoms with E-state index < -0.39 is 5.97 Å². The van der Waals surface area contributed by atoms with Crippen molar-refractivity contribution in [1.82, 2.24) is 24.5 Å². The van der Waals surface area contributed by atoms with Crippen molar-refractivity contribution in [2.75, 3.05) is 6.54 Å². The van der Waals surface area contributed by atoms with Crippen LogP contribution in [0.4, 0.5) is 0 Å². The van der Waals surface area contributed by atoms with Crippen LogP contribution >= 0.6 is 0 Å². The van der Waals surface area contributed by atoms with Crippen LogP contribution in [0, 0.1) is 13.8 Å². The van der Waals surface area contributed by atoms with Crippen LogP contribution in [-0.4, -0.2) is 54.1 Å². The highest BCUT2D eigenvalue weighted by Gasteiger charge is 2.20. The zero-order valence-electron chi connectivity index (χ0n) is 13.8. The molecule has 0 aromatic carbocycles. The Balaban J connectivity index is 2.16. The molecule has 0 saturated carbocycles. The molecule has 0 aliphatic rings. The number of rotatable bonds is 6. The van der Waals surface area contributed by atoms with E-state index in [-0.39, 0.29) is 24.9 Å². The zero-order valence-corrected chi connectivity index (χ0v) is 13.8. The van der Waals surface area contributed by atoms with E-state index in [1.807, 2.05) is 13.8 Å². The molecule has 23 heavy (non-hydrogen) atoms. The number of hydrogen-bond donors (Lipinski definition) is 1. The summed E-state index contributed by atoms with van der Waals surface area (Å²) in [5.74, 6) is -0.658. The van der Waals surface area contributed by atoms with Crippen LogP contribution in [0.15, 0.2) is 6.33 Å². The van der Waals surface area contributed by atoms with Crippen molar-refractivity contribution in [3.05, 3.63) is 23.3 Å². The number of aliphatic carboxylic acids is 1. The minimum absolute atomic E-state index is 0.156. The maximum atomic E-state index is 12.3. The standard InChI is InChI=1S/C15H21N5O3/c1-9(2)19(7-14(22)23)13(21)6-5-12-10(3)18-15-16-8-17-20(15)11(12)4/h8-9H,5-7H2,1-4H3,(H,22,23). The molecule has 0 fully saturated rings. The molecule has 2 aromatic rings. The second-order valence-corrected chi connectivity index (χ2v) is 5.74. The monoisotopic (exact) mass is 319 g/mol. The van der Waals surface area contributed by atoms with E-state index in [9.17, 15) is 9.59 Å². The lowest BCUT2D eigenvalue weighted by molar-refractivity contribution is -0.145. The van der Waals surface area contributed by atoms with Crippen molar-refractivity contribution in [3.8, 4) is 0 Å². The van der Waals surface area contributed by atoms with Crippen molar-refractivity contribution in [2.24, 2.45) is 0 Å². The molecule has 0 radical (unpaired) electrons. The summed E-state index contributed by atoms with van der Waals surface area (Å²) in [7, 11) is 0. The summed E-state index contributed by atoms with van der Waals surface area (Å²) in [6.07, 6.45) is 2.16. The molecule has 2 rings (SSSR count). The smallest absolute Gasteiger partial charge is 0.323 e. The number of carbonyl (C=O) groups excluding carboxylic acids is 1. The highest BCUT2D eigenvalue weighted by Crippen LogP contribution is 2.16. The molecule has 0 aliphatic heterocycles. The topological polar surface area (TPSA) is 101 Å². The summed E-state index contributed by atoms with van der Waals surface area (Å²) in [5.41, 5.74) is 2.65. The number of carboxylic acid groups (broad SMARTS) is 1. The summed E-state index contributed by atoms with van der Waals surface area (Å²) < 4.78 is 1.64. The Morgan fingerprint density at radius 3 is 2.65 bits per heavy atom. The Labute approximate surface area is 134 Å². The first-order valence-corrected chi connectivity index (χ1v) is 7.48. The summed E-state index contributed by atoms with van der Waals surface area (Å²) in [4.78, 5) is 33.0. The third-order valence-electron chi connectivity index (χ3n) is 3.83. The number of carboxylic acids is 1. The molecule has 0 saturated heterocycles. The van der Waals surface area contributed by atoms with Crippen LogP contribution in [0.25, 0.3) is 5.78 Å². The van der Waals surface area contributed by atoms with E-state index in [1.165, 1.54) is 11.2 Å².